The predicted octanol–water partition coefficient (Wildman–Crippen LogP) is 3.06. The van der Waals surface area contributed by atoms with Crippen LogP contribution in [0.15, 0.2) is 22.9 Å². The average molecular weight is 353 g/mol. The molecule has 0 aliphatic carbocycles. The van der Waals surface area contributed by atoms with Crippen molar-refractivity contribution in [1.29, 1.82) is 0 Å². The van der Waals surface area contributed by atoms with E-state index in [1.54, 1.807) is 0 Å². The van der Waals surface area contributed by atoms with Crippen LogP contribution in [0.4, 0.5) is 13.2 Å². The summed E-state index contributed by atoms with van der Waals surface area (Å²) in [6.07, 6.45) is -0.660. The maximum atomic E-state index is 13.0. The molecule has 0 spiro atoms. The zero-order valence-corrected chi connectivity index (χ0v) is 13.6. The summed E-state index contributed by atoms with van der Waals surface area (Å²) in [5, 5.41) is 2.80. The second kappa shape index (κ2) is 5.72. The van der Waals surface area contributed by atoms with E-state index in [2.05, 4.69) is 22.1 Å². The summed E-state index contributed by atoms with van der Waals surface area (Å²) >= 11 is 0. The van der Waals surface area contributed by atoms with Crippen LogP contribution in [0.25, 0.3) is 11.0 Å². The van der Waals surface area contributed by atoms with Crippen LogP contribution >= 0.6 is 0 Å². The number of halogens is 3. The minimum Gasteiger partial charge on any atom is -0.462 e. The van der Waals surface area contributed by atoms with Crippen molar-refractivity contribution in [3.8, 4) is 0 Å². The van der Waals surface area contributed by atoms with Crippen molar-refractivity contribution in [2.45, 2.75) is 38.0 Å². The molecule has 2 aromatic rings. The van der Waals surface area contributed by atoms with Gasteiger partial charge in [0.1, 0.15) is 17.5 Å². The van der Waals surface area contributed by atoms with Crippen LogP contribution in [0.5, 0.6) is 0 Å². The summed E-state index contributed by atoms with van der Waals surface area (Å²) in [4.78, 5) is 18.8. The van der Waals surface area contributed by atoms with Crippen LogP contribution in [0.1, 0.15) is 35.8 Å². The van der Waals surface area contributed by atoms with Gasteiger partial charge in [0.2, 0.25) is 0 Å². The van der Waals surface area contributed by atoms with E-state index in [1.807, 2.05) is 0 Å². The molecule has 0 radical (unpaired) electrons. The number of amides is 1. The zero-order valence-electron chi connectivity index (χ0n) is 13.6. The molecule has 0 aromatic carbocycles. The van der Waals surface area contributed by atoms with Gasteiger partial charge in [-0.2, -0.15) is 13.2 Å². The van der Waals surface area contributed by atoms with Crippen LogP contribution in [0, 0.1) is 5.92 Å². The Labute approximate surface area is 142 Å². The van der Waals surface area contributed by atoms with Crippen molar-refractivity contribution < 1.29 is 22.4 Å². The molecule has 134 valence electrons. The third-order valence-corrected chi connectivity index (χ3v) is 5.37. The number of pyridine rings is 1. The highest BCUT2D eigenvalue weighted by atomic mass is 19.4. The van der Waals surface area contributed by atoms with Gasteiger partial charge >= 0.3 is 6.18 Å². The number of piperidine rings is 3. The van der Waals surface area contributed by atoms with Gasteiger partial charge in [0.05, 0.1) is 6.20 Å². The van der Waals surface area contributed by atoms with E-state index in [1.165, 1.54) is 0 Å². The Balaban J connectivity index is 1.56. The molecule has 4 atom stereocenters. The molecule has 5 rings (SSSR count). The molecule has 5 nitrogen and oxygen atoms in total. The monoisotopic (exact) mass is 353 g/mol. The van der Waals surface area contributed by atoms with Crippen molar-refractivity contribution in [1.82, 2.24) is 15.2 Å². The summed E-state index contributed by atoms with van der Waals surface area (Å²) in [6.45, 7) is 3.99. The van der Waals surface area contributed by atoms with Gasteiger partial charge in [0.25, 0.3) is 5.91 Å². The molecule has 5 heterocycles. The van der Waals surface area contributed by atoms with Gasteiger partial charge in [-0.15, -0.1) is 0 Å². The van der Waals surface area contributed by atoms with E-state index in [-0.39, 0.29) is 22.7 Å². The minimum atomic E-state index is -4.54. The van der Waals surface area contributed by atoms with E-state index in [4.69, 9.17) is 4.42 Å². The maximum Gasteiger partial charge on any atom is 0.420 e. The SMILES string of the molecule is CC1CC2CCN1CC2NC(=O)c1cc2c(C(F)(F)F)coc2cn1. The van der Waals surface area contributed by atoms with Crippen LogP contribution < -0.4 is 5.32 Å². The lowest BCUT2D eigenvalue weighted by Gasteiger charge is -2.48. The Morgan fingerprint density at radius 1 is 1.44 bits per heavy atom. The third-order valence-electron chi connectivity index (χ3n) is 5.37. The number of hydrogen-bond donors (Lipinski definition) is 1. The summed E-state index contributed by atoms with van der Waals surface area (Å²) < 4.78 is 43.9. The first-order valence-electron chi connectivity index (χ1n) is 8.32. The van der Waals surface area contributed by atoms with Gasteiger partial charge in [-0.25, -0.2) is 4.98 Å². The second-order valence-corrected chi connectivity index (χ2v) is 6.92. The van der Waals surface area contributed by atoms with Crippen molar-refractivity contribution in [3.63, 3.8) is 0 Å². The number of carbonyl (C=O) groups is 1. The highest BCUT2D eigenvalue weighted by Gasteiger charge is 2.39. The zero-order chi connectivity index (χ0) is 17.8. The Morgan fingerprint density at radius 2 is 2.24 bits per heavy atom. The van der Waals surface area contributed by atoms with E-state index >= 15 is 0 Å². The first-order valence-corrected chi connectivity index (χ1v) is 8.32. The highest BCUT2D eigenvalue weighted by Crippen LogP contribution is 2.36. The smallest absolute Gasteiger partial charge is 0.420 e. The van der Waals surface area contributed by atoms with Crippen LogP contribution in [0.3, 0.4) is 0 Å². The Bertz CT molecular complexity index is 817. The van der Waals surface area contributed by atoms with E-state index in [0.29, 0.717) is 18.2 Å². The molecule has 0 saturated carbocycles. The number of nitrogens with one attached hydrogen (secondary N) is 1. The predicted molar refractivity (Wildman–Crippen MR) is 84.0 cm³/mol. The van der Waals surface area contributed by atoms with Gasteiger partial charge < -0.3 is 9.73 Å². The van der Waals surface area contributed by atoms with Gasteiger partial charge in [-0.05, 0) is 38.3 Å². The normalized spacial score (nSPS) is 29.1. The fourth-order valence-corrected chi connectivity index (χ4v) is 3.98. The molecule has 2 bridgehead atoms. The number of hydrogen-bond acceptors (Lipinski definition) is 4. The Hall–Kier alpha value is -2.09. The molecule has 3 fully saturated rings. The lowest BCUT2D eigenvalue weighted by atomic mass is 9.80. The number of furan rings is 1. The second-order valence-electron chi connectivity index (χ2n) is 6.92. The first-order chi connectivity index (χ1) is 11.8. The number of carbonyl (C=O) groups excluding carboxylic acids is 1. The van der Waals surface area contributed by atoms with Crippen molar-refractivity contribution in [2.75, 3.05) is 13.1 Å². The molecule has 25 heavy (non-hydrogen) atoms. The quantitative estimate of drug-likeness (QED) is 0.902. The molecule has 3 saturated heterocycles. The summed E-state index contributed by atoms with van der Waals surface area (Å²) in [6, 6.07) is 1.68. The Morgan fingerprint density at radius 3 is 2.88 bits per heavy atom. The molecular formula is C17H18F3N3O2. The van der Waals surface area contributed by atoms with Crippen molar-refractivity contribution in [3.05, 3.63) is 29.8 Å². The van der Waals surface area contributed by atoms with E-state index < -0.39 is 17.6 Å². The van der Waals surface area contributed by atoms with Crippen molar-refractivity contribution >= 4 is 16.9 Å². The van der Waals surface area contributed by atoms with Gasteiger partial charge in [-0.1, -0.05) is 0 Å². The first kappa shape index (κ1) is 16.4. The highest BCUT2D eigenvalue weighted by molar-refractivity contribution is 5.96. The van der Waals surface area contributed by atoms with E-state index in [9.17, 15) is 18.0 Å². The molecule has 1 amide bonds. The summed E-state index contributed by atoms with van der Waals surface area (Å²) in [5.41, 5.74) is -0.903. The van der Waals surface area contributed by atoms with Gasteiger partial charge in [0.15, 0.2) is 5.58 Å². The molecule has 3 aliphatic heterocycles. The minimum absolute atomic E-state index is 0.0144. The van der Waals surface area contributed by atoms with E-state index in [0.717, 1.165) is 38.2 Å². The number of fused-ring (bicyclic) bond motifs is 4. The molecule has 1 N–H and O–H groups in total. The lowest BCUT2D eigenvalue weighted by Crippen LogP contribution is -2.60. The number of rotatable bonds is 2. The lowest BCUT2D eigenvalue weighted by molar-refractivity contribution is -0.136. The number of alkyl halides is 3. The molecule has 3 aliphatic rings. The molecule has 2 aromatic heterocycles. The van der Waals surface area contributed by atoms with Crippen LogP contribution in [-0.4, -0.2) is 41.0 Å². The Kier molecular flexibility index (Phi) is 3.75. The van der Waals surface area contributed by atoms with Crippen LogP contribution in [0.2, 0.25) is 0 Å². The maximum absolute atomic E-state index is 13.0. The average Bonchev–Trinajstić information content (AvgIpc) is 2.99. The van der Waals surface area contributed by atoms with Crippen molar-refractivity contribution in [2.24, 2.45) is 5.92 Å². The van der Waals surface area contributed by atoms with Gasteiger partial charge in [0, 0.05) is 24.0 Å². The summed E-state index contributed by atoms with van der Waals surface area (Å²) in [7, 11) is 0. The molecule has 8 heteroatoms. The van der Waals surface area contributed by atoms with Gasteiger partial charge in [-0.3, -0.25) is 9.69 Å². The molecule has 4 unspecified atom stereocenters. The number of nitrogens with zero attached hydrogens (tertiary/aromatic N) is 2. The summed E-state index contributed by atoms with van der Waals surface area (Å²) in [5.74, 6) is -0.0324. The fourth-order valence-electron chi connectivity index (χ4n) is 3.98. The fraction of sp³-hybridized carbons (Fsp3) is 0.529. The standard InChI is InChI=1S/C17H18F3N3O2/c1-9-4-10-2-3-23(9)7-14(10)22-16(24)13-5-11-12(17(18,19)20)8-25-15(11)6-21-13/h5-6,8-10,14H,2-4,7H2,1H3,(H,22,24). The molecular weight excluding hydrogens is 335 g/mol. The van der Waals surface area contributed by atoms with Crippen LogP contribution in [-0.2, 0) is 6.18 Å². The largest absolute Gasteiger partial charge is 0.462 e. The topological polar surface area (TPSA) is 58.4 Å². The third kappa shape index (κ3) is 2.88. The number of aromatic nitrogens is 1.